The van der Waals surface area contributed by atoms with Gasteiger partial charge in [-0.3, -0.25) is 9.36 Å². The highest BCUT2D eigenvalue weighted by atomic mass is 127. The molecule has 0 bridgehead atoms. The zero-order valence-corrected chi connectivity index (χ0v) is 29.4. The average molecular weight is 775 g/mol. The van der Waals surface area contributed by atoms with E-state index in [1.807, 2.05) is 63.2 Å². The lowest BCUT2D eigenvalue weighted by atomic mass is 9.97. The van der Waals surface area contributed by atoms with Crippen LogP contribution in [-0.2, 0) is 16.1 Å². The number of carbonyl (C=O) groups excluding carboxylic acids is 1. The zero-order valence-electron chi connectivity index (χ0n) is 25.7. The number of thiazole rings is 1. The fraction of sp³-hybridized carbons (Fsp3) is 0.265. The molecule has 0 spiro atoms. The van der Waals surface area contributed by atoms with Crippen molar-refractivity contribution in [3.8, 4) is 23.0 Å². The number of methoxy groups -OCH3 is 1. The van der Waals surface area contributed by atoms with E-state index >= 15 is 0 Å². The van der Waals surface area contributed by atoms with Crippen LogP contribution in [0.25, 0.3) is 6.08 Å². The molecule has 0 amide bonds. The zero-order chi connectivity index (χ0) is 32.8. The Morgan fingerprint density at radius 1 is 0.957 bits per heavy atom. The third kappa shape index (κ3) is 7.26. The molecule has 3 aromatic carbocycles. The lowest BCUT2D eigenvalue weighted by Crippen LogP contribution is -2.39. The van der Waals surface area contributed by atoms with E-state index in [4.69, 9.17) is 35.3 Å². The number of esters is 1. The van der Waals surface area contributed by atoms with E-state index in [0.717, 1.165) is 14.7 Å². The van der Waals surface area contributed by atoms with Gasteiger partial charge in [-0.2, -0.15) is 0 Å². The fourth-order valence-electron chi connectivity index (χ4n) is 4.95. The van der Waals surface area contributed by atoms with Gasteiger partial charge in [0.15, 0.2) is 27.8 Å². The number of carbonyl (C=O) groups is 1. The molecule has 0 saturated carbocycles. The Morgan fingerprint density at radius 2 is 1.65 bits per heavy atom. The molecule has 0 radical (unpaired) electrons. The first kappa shape index (κ1) is 33.6. The summed E-state index contributed by atoms with van der Waals surface area (Å²) in [6, 6.07) is 15.8. The van der Waals surface area contributed by atoms with Gasteiger partial charge in [-0.05, 0) is 103 Å². The maximum Gasteiger partial charge on any atom is 0.337 e. The summed E-state index contributed by atoms with van der Waals surface area (Å²) in [5, 5.41) is 0.658. The number of halogens is 2. The lowest BCUT2D eigenvalue weighted by molar-refractivity contribution is -0.136. The van der Waals surface area contributed by atoms with Crippen molar-refractivity contribution in [2.75, 3.05) is 26.9 Å². The Kier molecular flexibility index (Phi) is 11.1. The van der Waals surface area contributed by atoms with Gasteiger partial charge in [0.25, 0.3) is 5.56 Å². The number of rotatable bonds is 12. The van der Waals surface area contributed by atoms with Gasteiger partial charge >= 0.3 is 5.97 Å². The molecule has 46 heavy (non-hydrogen) atoms. The largest absolute Gasteiger partial charge is 0.490 e. The first-order valence-electron chi connectivity index (χ1n) is 14.6. The summed E-state index contributed by atoms with van der Waals surface area (Å²) < 4.78 is 31.5. The molecule has 1 atom stereocenters. The Labute approximate surface area is 288 Å². The maximum atomic E-state index is 14.1. The maximum absolute atomic E-state index is 14.1. The van der Waals surface area contributed by atoms with E-state index in [1.54, 1.807) is 18.2 Å². The molecular formula is C34H32ClIN2O7S. The second-order valence-corrected chi connectivity index (χ2v) is 12.5. The number of benzene rings is 3. The highest BCUT2D eigenvalue weighted by molar-refractivity contribution is 14.1. The van der Waals surface area contributed by atoms with Gasteiger partial charge < -0.3 is 23.7 Å². The predicted molar refractivity (Wildman–Crippen MR) is 186 cm³/mol. The van der Waals surface area contributed by atoms with Gasteiger partial charge in [0.2, 0.25) is 0 Å². The summed E-state index contributed by atoms with van der Waals surface area (Å²) >= 11 is 9.46. The molecule has 0 N–H and O–H groups in total. The number of hydrogen-bond acceptors (Lipinski definition) is 9. The molecule has 0 fully saturated rings. The molecule has 0 unspecified atom stereocenters. The molecule has 240 valence electrons. The minimum absolute atomic E-state index is 0.225. The van der Waals surface area contributed by atoms with Crippen molar-refractivity contribution in [3.05, 3.63) is 111 Å². The van der Waals surface area contributed by atoms with Crippen LogP contribution in [0, 0.1) is 3.57 Å². The first-order chi connectivity index (χ1) is 22.3. The number of aromatic nitrogens is 1. The number of hydrogen-bond donors (Lipinski definition) is 0. The average Bonchev–Trinajstić information content (AvgIpc) is 3.36. The van der Waals surface area contributed by atoms with Crippen molar-refractivity contribution in [1.82, 2.24) is 4.57 Å². The third-order valence-electron chi connectivity index (χ3n) is 6.93. The van der Waals surface area contributed by atoms with E-state index in [0.29, 0.717) is 69.3 Å². The third-order valence-corrected chi connectivity index (χ3v) is 8.98. The summed E-state index contributed by atoms with van der Waals surface area (Å²) in [7, 11) is 1.30. The van der Waals surface area contributed by atoms with Crippen LogP contribution in [-0.4, -0.2) is 37.5 Å². The summed E-state index contributed by atoms with van der Waals surface area (Å²) in [6.07, 6.45) is 3.26. The first-order valence-corrected chi connectivity index (χ1v) is 16.9. The Morgan fingerprint density at radius 3 is 2.35 bits per heavy atom. The number of fused-ring (bicyclic) bond motifs is 1. The summed E-state index contributed by atoms with van der Waals surface area (Å²) in [5.74, 6) is 1.68. The van der Waals surface area contributed by atoms with E-state index in [2.05, 4.69) is 27.6 Å². The molecular weight excluding hydrogens is 743 g/mol. The molecule has 9 nitrogen and oxygen atoms in total. The summed E-state index contributed by atoms with van der Waals surface area (Å²) in [5.41, 5.74) is 2.30. The molecule has 1 aliphatic heterocycles. The Bertz CT molecular complexity index is 1950. The minimum atomic E-state index is -0.788. The van der Waals surface area contributed by atoms with Gasteiger partial charge in [0.1, 0.15) is 6.61 Å². The van der Waals surface area contributed by atoms with Gasteiger partial charge in [-0.15, -0.1) is 0 Å². The van der Waals surface area contributed by atoms with Crippen molar-refractivity contribution in [2.24, 2.45) is 4.99 Å². The smallest absolute Gasteiger partial charge is 0.337 e. The van der Waals surface area contributed by atoms with Crippen molar-refractivity contribution in [2.45, 2.75) is 33.4 Å². The molecule has 2 heterocycles. The van der Waals surface area contributed by atoms with E-state index in [1.165, 1.54) is 29.2 Å². The molecule has 0 saturated heterocycles. The van der Waals surface area contributed by atoms with Crippen LogP contribution in [0.4, 0.5) is 0 Å². The molecule has 1 aromatic heterocycles. The van der Waals surface area contributed by atoms with Crippen molar-refractivity contribution in [3.63, 3.8) is 0 Å². The van der Waals surface area contributed by atoms with Gasteiger partial charge in [0, 0.05) is 11.2 Å². The van der Waals surface area contributed by atoms with Crippen LogP contribution >= 0.6 is 45.5 Å². The highest BCUT2D eigenvalue weighted by Gasteiger charge is 2.31. The van der Waals surface area contributed by atoms with E-state index in [-0.39, 0.29) is 11.1 Å². The number of ether oxygens (including phenoxy) is 5. The summed E-state index contributed by atoms with van der Waals surface area (Å²) in [6.45, 7) is 7.31. The monoisotopic (exact) mass is 774 g/mol. The second-order valence-electron chi connectivity index (χ2n) is 9.93. The van der Waals surface area contributed by atoms with E-state index in [9.17, 15) is 9.59 Å². The molecule has 4 aromatic rings. The second kappa shape index (κ2) is 15.2. The van der Waals surface area contributed by atoms with Crippen LogP contribution in [0.3, 0.4) is 0 Å². The highest BCUT2D eigenvalue weighted by Crippen LogP contribution is 2.36. The van der Waals surface area contributed by atoms with Crippen LogP contribution in [0.5, 0.6) is 23.0 Å². The topological polar surface area (TPSA) is 97.6 Å². The van der Waals surface area contributed by atoms with Gasteiger partial charge in [0.05, 0.1) is 46.6 Å². The quantitative estimate of drug-likeness (QED) is 0.128. The van der Waals surface area contributed by atoms with Crippen LogP contribution in [0.1, 0.15) is 43.5 Å². The Hall–Kier alpha value is -3.81. The van der Waals surface area contributed by atoms with Crippen LogP contribution < -0.4 is 33.8 Å². The molecule has 12 heteroatoms. The summed E-state index contributed by atoms with van der Waals surface area (Å²) in [4.78, 5) is 31.9. The molecule has 0 aliphatic carbocycles. The van der Waals surface area contributed by atoms with Gasteiger partial charge in [-0.1, -0.05) is 41.1 Å². The molecule has 1 aliphatic rings. The predicted octanol–water partition coefficient (Wildman–Crippen LogP) is 6.05. The minimum Gasteiger partial charge on any atom is -0.490 e. The van der Waals surface area contributed by atoms with Crippen LogP contribution in [0.15, 0.2) is 76.2 Å². The van der Waals surface area contributed by atoms with Crippen LogP contribution in [0.2, 0.25) is 5.02 Å². The standard InChI is InChI=1S/C34H32ClIN2O7S/c1-5-42-26-13-10-22(17-27(26)43-6-2)30-24(33(40)41-4)18-37-34-38(30)32(39)29(46-34)16-21-14-25(36)31(28(15-21)44-7-3)45-19-20-8-11-23(35)12-9-20/h8-18,30H,5-7,19H2,1-4H3/b29-16+/t30-/m1/s1. The van der Waals surface area contributed by atoms with Gasteiger partial charge in [-0.25, -0.2) is 9.79 Å². The van der Waals surface area contributed by atoms with E-state index < -0.39 is 12.0 Å². The Balaban J connectivity index is 1.57. The number of nitrogens with zero attached hydrogens (tertiary/aromatic N) is 2. The molecule has 5 rings (SSSR count). The fourth-order valence-corrected chi connectivity index (χ4v) is 6.83. The van der Waals surface area contributed by atoms with Crippen molar-refractivity contribution >= 4 is 57.6 Å². The lowest BCUT2D eigenvalue weighted by Gasteiger charge is -2.23. The van der Waals surface area contributed by atoms with Crippen molar-refractivity contribution < 1.29 is 28.5 Å². The normalized spacial score (nSPS) is 14.2. The SMILES string of the molecule is CCOc1ccc([C@@H]2C(C(=O)OC)=CN=c3s/c(=C/c4cc(I)c(OCc5ccc(Cl)cc5)c(OCC)c4)c(=O)n32)cc1OCC. The van der Waals surface area contributed by atoms with Crippen molar-refractivity contribution in [1.29, 1.82) is 0 Å².